The molecule has 1 aliphatic rings. The van der Waals surface area contributed by atoms with E-state index in [1.165, 1.54) is 0 Å². The number of carbonyl (C=O) groups excluding carboxylic acids is 1. The first kappa shape index (κ1) is 16.3. The predicted molar refractivity (Wildman–Crippen MR) is 78.0 cm³/mol. The van der Waals surface area contributed by atoms with Gasteiger partial charge in [-0.2, -0.15) is 0 Å². The van der Waals surface area contributed by atoms with Crippen molar-refractivity contribution in [3.05, 3.63) is 0 Å². The summed E-state index contributed by atoms with van der Waals surface area (Å²) in [5, 5.41) is 2.92. The van der Waals surface area contributed by atoms with E-state index in [9.17, 15) is 4.79 Å². The van der Waals surface area contributed by atoms with Crippen LogP contribution < -0.4 is 11.1 Å². The lowest BCUT2D eigenvalue weighted by Gasteiger charge is -2.26. The van der Waals surface area contributed by atoms with E-state index in [4.69, 9.17) is 27.4 Å². The zero-order valence-electron chi connectivity index (χ0n) is 11.6. The van der Waals surface area contributed by atoms with E-state index in [0.29, 0.717) is 31.4 Å². The van der Waals surface area contributed by atoms with Crippen LogP contribution in [0.3, 0.4) is 0 Å². The van der Waals surface area contributed by atoms with Crippen molar-refractivity contribution in [3.8, 4) is 0 Å². The third-order valence-corrected chi connectivity index (χ3v) is 3.94. The Balaban J connectivity index is 2.21. The molecular weight excluding hydrogens is 264 g/mol. The number of amides is 1. The van der Waals surface area contributed by atoms with Crippen molar-refractivity contribution in [2.45, 2.75) is 32.1 Å². The fraction of sp³-hybridized carbons (Fsp3) is 0.846. The zero-order chi connectivity index (χ0) is 14.1. The lowest BCUT2D eigenvalue weighted by atomic mass is 9.85. The van der Waals surface area contributed by atoms with Gasteiger partial charge in [0.1, 0.15) is 0 Å². The van der Waals surface area contributed by atoms with Gasteiger partial charge in [-0.3, -0.25) is 4.79 Å². The van der Waals surface area contributed by atoms with Gasteiger partial charge < -0.3 is 20.5 Å². The summed E-state index contributed by atoms with van der Waals surface area (Å²) in [6, 6.07) is 0. The summed E-state index contributed by atoms with van der Waals surface area (Å²) >= 11 is 5.07. The Hall–Kier alpha value is -0.720. The predicted octanol–water partition coefficient (Wildman–Crippen LogP) is 1.00. The number of rotatable bonds is 9. The zero-order valence-corrected chi connectivity index (χ0v) is 12.4. The highest BCUT2D eigenvalue weighted by Gasteiger charge is 2.43. The van der Waals surface area contributed by atoms with Crippen molar-refractivity contribution < 1.29 is 14.3 Å². The first-order chi connectivity index (χ1) is 9.13. The second kappa shape index (κ2) is 8.45. The third kappa shape index (κ3) is 4.71. The molecule has 0 radical (unpaired) electrons. The summed E-state index contributed by atoms with van der Waals surface area (Å²) in [4.78, 5) is 12.5. The van der Waals surface area contributed by atoms with Gasteiger partial charge in [0.25, 0.3) is 0 Å². The summed E-state index contributed by atoms with van der Waals surface area (Å²) in [6.45, 7) is 2.39. The van der Waals surface area contributed by atoms with Crippen LogP contribution in [0.5, 0.6) is 0 Å². The first-order valence-corrected chi connectivity index (χ1v) is 7.19. The van der Waals surface area contributed by atoms with Gasteiger partial charge >= 0.3 is 0 Å². The molecule has 3 N–H and O–H groups in total. The van der Waals surface area contributed by atoms with E-state index >= 15 is 0 Å². The fourth-order valence-electron chi connectivity index (χ4n) is 2.35. The number of thiocarbonyl (C=S) groups is 1. The highest BCUT2D eigenvalue weighted by atomic mass is 32.1. The number of methoxy groups -OCH3 is 1. The number of hydrogen-bond acceptors (Lipinski definition) is 4. The topological polar surface area (TPSA) is 73.6 Å². The summed E-state index contributed by atoms with van der Waals surface area (Å²) in [5.74, 6) is -0.0191. The van der Waals surface area contributed by atoms with Crippen LogP contribution in [0.4, 0.5) is 0 Å². The molecular formula is C13H24N2O3S. The minimum Gasteiger partial charge on any atom is -0.392 e. The van der Waals surface area contributed by atoms with Crippen molar-refractivity contribution in [3.63, 3.8) is 0 Å². The van der Waals surface area contributed by atoms with Gasteiger partial charge in [-0.05, 0) is 19.3 Å². The maximum atomic E-state index is 12.2. The van der Waals surface area contributed by atoms with Crippen LogP contribution in [0.25, 0.3) is 0 Å². The summed E-state index contributed by atoms with van der Waals surface area (Å²) < 4.78 is 10.2. The molecule has 1 amide bonds. The van der Waals surface area contributed by atoms with Gasteiger partial charge in [-0.25, -0.2) is 0 Å². The fourth-order valence-corrected chi connectivity index (χ4v) is 2.65. The highest BCUT2D eigenvalue weighted by Crippen LogP contribution is 2.38. The molecule has 5 nitrogen and oxygen atoms in total. The molecule has 0 spiro atoms. The van der Waals surface area contributed by atoms with Crippen molar-refractivity contribution >= 4 is 23.1 Å². The number of hydrogen-bond donors (Lipinski definition) is 2. The lowest BCUT2D eigenvalue weighted by Crippen LogP contribution is -2.47. The maximum Gasteiger partial charge on any atom is 0.233 e. The van der Waals surface area contributed by atoms with Crippen LogP contribution in [-0.4, -0.2) is 44.4 Å². The molecule has 1 saturated carbocycles. The van der Waals surface area contributed by atoms with E-state index in [2.05, 4.69) is 5.32 Å². The highest BCUT2D eigenvalue weighted by molar-refractivity contribution is 7.80. The summed E-state index contributed by atoms with van der Waals surface area (Å²) in [5.41, 5.74) is 5.15. The van der Waals surface area contributed by atoms with E-state index in [1.54, 1.807) is 7.11 Å². The van der Waals surface area contributed by atoms with Gasteiger partial charge in [-0.1, -0.05) is 25.1 Å². The number of ether oxygens (including phenoxy) is 2. The molecule has 1 rings (SSSR count). The van der Waals surface area contributed by atoms with E-state index in [1.807, 2.05) is 0 Å². The van der Waals surface area contributed by atoms with Gasteiger partial charge in [0, 0.05) is 20.3 Å². The molecule has 110 valence electrons. The molecule has 19 heavy (non-hydrogen) atoms. The maximum absolute atomic E-state index is 12.2. The Bertz CT molecular complexity index is 304. The molecule has 0 heterocycles. The third-order valence-electron chi connectivity index (χ3n) is 3.55. The number of nitrogens with two attached hydrogens (primary N) is 1. The minimum atomic E-state index is -0.605. The van der Waals surface area contributed by atoms with Crippen LogP contribution in [0, 0.1) is 5.41 Å². The smallest absolute Gasteiger partial charge is 0.233 e. The molecule has 0 unspecified atom stereocenters. The van der Waals surface area contributed by atoms with Crippen LogP contribution >= 0.6 is 12.2 Å². The van der Waals surface area contributed by atoms with Crippen LogP contribution in [0.1, 0.15) is 32.1 Å². The molecule has 0 atom stereocenters. The van der Waals surface area contributed by atoms with Crippen LogP contribution in [0.2, 0.25) is 0 Å². The van der Waals surface area contributed by atoms with Crippen molar-refractivity contribution in [2.75, 3.05) is 33.5 Å². The summed E-state index contributed by atoms with van der Waals surface area (Å²) in [7, 11) is 1.64. The van der Waals surface area contributed by atoms with E-state index in [-0.39, 0.29) is 5.91 Å². The van der Waals surface area contributed by atoms with Crippen molar-refractivity contribution in [2.24, 2.45) is 11.1 Å². The molecule has 1 aliphatic carbocycles. The average molecular weight is 288 g/mol. The molecule has 0 aromatic rings. The van der Waals surface area contributed by atoms with Gasteiger partial charge in [0.15, 0.2) is 0 Å². The Morgan fingerprint density at radius 3 is 2.58 bits per heavy atom. The van der Waals surface area contributed by atoms with Gasteiger partial charge in [0.05, 0.1) is 23.6 Å². The Kier molecular flexibility index (Phi) is 7.27. The largest absolute Gasteiger partial charge is 0.392 e. The molecule has 0 aliphatic heterocycles. The number of nitrogens with one attached hydrogen (secondary N) is 1. The SMILES string of the molecule is COCCOCCCNC(=O)C1(C(N)=S)CCCC1. The molecule has 1 fully saturated rings. The van der Waals surface area contributed by atoms with Gasteiger partial charge in [-0.15, -0.1) is 0 Å². The van der Waals surface area contributed by atoms with Crippen LogP contribution in [-0.2, 0) is 14.3 Å². The van der Waals surface area contributed by atoms with Crippen LogP contribution in [0.15, 0.2) is 0 Å². The monoisotopic (exact) mass is 288 g/mol. The second-order valence-corrected chi connectivity index (χ2v) is 5.31. The summed E-state index contributed by atoms with van der Waals surface area (Å²) in [6.07, 6.45) is 4.37. The molecule has 0 bridgehead atoms. The Labute approximate surface area is 120 Å². The minimum absolute atomic E-state index is 0.0191. The lowest BCUT2D eigenvalue weighted by molar-refractivity contribution is -0.127. The van der Waals surface area contributed by atoms with E-state index < -0.39 is 5.41 Å². The molecule has 0 saturated heterocycles. The number of carbonyl (C=O) groups is 1. The van der Waals surface area contributed by atoms with Crippen molar-refractivity contribution in [1.82, 2.24) is 5.32 Å². The normalized spacial score (nSPS) is 17.3. The first-order valence-electron chi connectivity index (χ1n) is 6.78. The Morgan fingerprint density at radius 1 is 1.32 bits per heavy atom. The quantitative estimate of drug-likeness (QED) is 0.489. The standard InChI is InChI=1S/C13H24N2O3S/c1-17-9-10-18-8-4-7-15-12(16)13(11(14)19)5-2-3-6-13/h2-10H2,1H3,(H2,14,19)(H,15,16). The van der Waals surface area contributed by atoms with Gasteiger partial charge in [0.2, 0.25) is 5.91 Å². The van der Waals surface area contributed by atoms with Crippen molar-refractivity contribution in [1.29, 1.82) is 0 Å². The molecule has 0 aromatic carbocycles. The second-order valence-electron chi connectivity index (χ2n) is 4.87. The Morgan fingerprint density at radius 2 is 2.00 bits per heavy atom. The average Bonchev–Trinajstić information content (AvgIpc) is 2.88. The molecule has 0 aromatic heterocycles. The molecule has 6 heteroatoms. The van der Waals surface area contributed by atoms with E-state index in [0.717, 1.165) is 32.1 Å².